The second-order valence-corrected chi connectivity index (χ2v) is 7.33. The molecular weight excluding hydrogens is 348 g/mol. The van der Waals surface area contributed by atoms with E-state index < -0.39 is 0 Å². The minimum Gasteiger partial charge on any atom is -0.326 e. The molecule has 2 N–H and O–H groups in total. The van der Waals surface area contributed by atoms with Gasteiger partial charge in [-0.3, -0.25) is 9.59 Å². The number of anilines is 2. The van der Waals surface area contributed by atoms with E-state index in [1.54, 1.807) is 0 Å². The Balaban J connectivity index is 1.99. The van der Waals surface area contributed by atoms with Gasteiger partial charge in [-0.25, -0.2) is 0 Å². The summed E-state index contributed by atoms with van der Waals surface area (Å²) in [6.07, 6.45) is 4.81. The zero-order valence-electron chi connectivity index (χ0n) is 17.0. The number of amides is 2. The summed E-state index contributed by atoms with van der Waals surface area (Å²) in [5.41, 5.74) is 1.63. The lowest BCUT2D eigenvalue weighted by molar-refractivity contribution is -0.120. The van der Waals surface area contributed by atoms with Gasteiger partial charge in [0.1, 0.15) is 0 Å². The quantitative estimate of drug-likeness (QED) is 0.512. The molecule has 2 amide bonds. The van der Waals surface area contributed by atoms with Crippen LogP contribution in [0.4, 0.5) is 11.4 Å². The van der Waals surface area contributed by atoms with E-state index in [0.717, 1.165) is 37.1 Å². The first kappa shape index (κ1) is 21.7. The fourth-order valence-corrected chi connectivity index (χ4v) is 3.69. The van der Waals surface area contributed by atoms with Gasteiger partial charge in [0.15, 0.2) is 0 Å². The molecule has 0 aromatic heterocycles. The highest BCUT2D eigenvalue weighted by atomic mass is 16.2. The summed E-state index contributed by atoms with van der Waals surface area (Å²) in [6.45, 7) is 4.27. The molecule has 0 bridgehead atoms. The third-order valence-corrected chi connectivity index (χ3v) is 5.00. The van der Waals surface area contributed by atoms with Gasteiger partial charge < -0.3 is 10.6 Å². The standard InChI is InChI=1S/C24H32N2O2/c1-3-11-19(17-23(27)25-21-13-7-5-8-14-21)20(12-4-2)18-24(28)26-22-15-9-6-10-16-22/h5-10,13-16,19-20H,3-4,11-12,17-18H2,1-2H3,(H,25,27)(H,26,28). The molecule has 0 radical (unpaired) electrons. The highest BCUT2D eigenvalue weighted by molar-refractivity contribution is 5.92. The summed E-state index contributed by atoms with van der Waals surface area (Å²) < 4.78 is 0. The molecule has 0 heterocycles. The second kappa shape index (κ2) is 12.0. The number of hydrogen-bond acceptors (Lipinski definition) is 2. The average Bonchev–Trinajstić information content (AvgIpc) is 2.69. The average molecular weight is 381 g/mol. The minimum absolute atomic E-state index is 0.0224. The predicted octanol–water partition coefficient (Wildman–Crippen LogP) is 5.88. The predicted molar refractivity (Wildman–Crippen MR) is 116 cm³/mol. The molecular formula is C24H32N2O2. The van der Waals surface area contributed by atoms with Gasteiger partial charge in [0.05, 0.1) is 0 Å². The van der Waals surface area contributed by atoms with Gasteiger partial charge in [-0.1, -0.05) is 63.1 Å². The van der Waals surface area contributed by atoms with Crippen LogP contribution in [0.15, 0.2) is 60.7 Å². The molecule has 2 aromatic carbocycles. The Hall–Kier alpha value is -2.62. The van der Waals surface area contributed by atoms with E-state index in [4.69, 9.17) is 0 Å². The first-order valence-corrected chi connectivity index (χ1v) is 10.3. The van der Waals surface area contributed by atoms with Crippen LogP contribution in [0.5, 0.6) is 0 Å². The molecule has 2 aromatic rings. The summed E-state index contributed by atoms with van der Waals surface area (Å²) in [5.74, 6) is 0.453. The van der Waals surface area contributed by atoms with Gasteiger partial charge in [0.2, 0.25) is 11.8 Å². The van der Waals surface area contributed by atoms with Gasteiger partial charge >= 0.3 is 0 Å². The van der Waals surface area contributed by atoms with E-state index in [1.165, 1.54) is 0 Å². The van der Waals surface area contributed by atoms with Gasteiger partial charge in [0.25, 0.3) is 0 Å². The molecule has 0 spiro atoms. The maximum absolute atomic E-state index is 12.6. The molecule has 4 heteroatoms. The summed E-state index contributed by atoms with van der Waals surface area (Å²) >= 11 is 0. The minimum atomic E-state index is 0.0224. The number of para-hydroxylation sites is 2. The van der Waals surface area contributed by atoms with E-state index in [2.05, 4.69) is 24.5 Å². The maximum Gasteiger partial charge on any atom is 0.224 e. The third-order valence-electron chi connectivity index (χ3n) is 5.00. The van der Waals surface area contributed by atoms with Crippen LogP contribution in [0.2, 0.25) is 0 Å². The Morgan fingerprint density at radius 2 is 1.04 bits per heavy atom. The molecule has 2 rings (SSSR count). The molecule has 0 aliphatic rings. The van der Waals surface area contributed by atoms with Crippen LogP contribution in [0.25, 0.3) is 0 Å². The van der Waals surface area contributed by atoms with Crippen molar-refractivity contribution in [1.29, 1.82) is 0 Å². The van der Waals surface area contributed by atoms with Crippen molar-refractivity contribution >= 4 is 23.2 Å². The Bertz CT molecular complexity index is 652. The molecule has 28 heavy (non-hydrogen) atoms. The highest BCUT2D eigenvalue weighted by Gasteiger charge is 2.25. The van der Waals surface area contributed by atoms with Crippen LogP contribution in [-0.2, 0) is 9.59 Å². The van der Waals surface area contributed by atoms with Gasteiger partial charge in [-0.05, 0) is 48.9 Å². The van der Waals surface area contributed by atoms with Crippen LogP contribution < -0.4 is 10.6 Å². The number of hydrogen-bond donors (Lipinski definition) is 2. The number of carbonyl (C=O) groups is 2. The van der Waals surface area contributed by atoms with Crippen LogP contribution in [0.1, 0.15) is 52.4 Å². The molecule has 0 saturated heterocycles. The fraction of sp³-hybridized carbons (Fsp3) is 0.417. The van der Waals surface area contributed by atoms with Crippen LogP contribution in [-0.4, -0.2) is 11.8 Å². The lowest BCUT2D eigenvalue weighted by Gasteiger charge is -2.26. The highest BCUT2D eigenvalue weighted by Crippen LogP contribution is 2.29. The van der Waals surface area contributed by atoms with Gasteiger partial charge in [-0.2, -0.15) is 0 Å². The van der Waals surface area contributed by atoms with Crippen LogP contribution in [0, 0.1) is 11.8 Å². The number of rotatable bonds is 11. The van der Waals surface area contributed by atoms with Gasteiger partial charge in [0, 0.05) is 24.2 Å². The van der Waals surface area contributed by atoms with Crippen molar-refractivity contribution in [3.63, 3.8) is 0 Å². The maximum atomic E-state index is 12.6. The first-order chi connectivity index (χ1) is 13.6. The SMILES string of the molecule is CCCC(CC(=O)Nc1ccccc1)C(CCC)CC(=O)Nc1ccccc1. The van der Waals surface area contributed by atoms with Crippen molar-refractivity contribution in [3.8, 4) is 0 Å². The van der Waals surface area contributed by atoms with Crippen LogP contribution >= 0.6 is 0 Å². The van der Waals surface area contributed by atoms with Crippen LogP contribution in [0.3, 0.4) is 0 Å². The third kappa shape index (κ3) is 7.55. The van der Waals surface area contributed by atoms with E-state index in [-0.39, 0.29) is 23.7 Å². The van der Waals surface area contributed by atoms with Crippen molar-refractivity contribution in [2.75, 3.05) is 10.6 Å². The molecule has 0 fully saturated rings. The van der Waals surface area contributed by atoms with Crippen molar-refractivity contribution in [2.24, 2.45) is 11.8 Å². The Labute approximate surface area is 168 Å². The molecule has 150 valence electrons. The first-order valence-electron chi connectivity index (χ1n) is 10.3. The van der Waals surface area contributed by atoms with Crippen molar-refractivity contribution in [1.82, 2.24) is 0 Å². The number of benzene rings is 2. The number of carbonyl (C=O) groups excluding carboxylic acids is 2. The van der Waals surface area contributed by atoms with Crippen molar-refractivity contribution < 1.29 is 9.59 Å². The van der Waals surface area contributed by atoms with E-state index >= 15 is 0 Å². The lowest BCUT2D eigenvalue weighted by atomic mass is 9.80. The van der Waals surface area contributed by atoms with Crippen molar-refractivity contribution in [2.45, 2.75) is 52.4 Å². The smallest absolute Gasteiger partial charge is 0.224 e. The monoisotopic (exact) mass is 380 g/mol. The Morgan fingerprint density at radius 1 is 0.679 bits per heavy atom. The van der Waals surface area contributed by atoms with E-state index in [9.17, 15) is 9.59 Å². The summed E-state index contributed by atoms with van der Waals surface area (Å²) in [5, 5.41) is 5.96. The van der Waals surface area contributed by atoms with Gasteiger partial charge in [-0.15, -0.1) is 0 Å². The van der Waals surface area contributed by atoms with Crippen molar-refractivity contribution in [3.05, 3.63) is 60.7 Å². The topological polar surface area (TPSA) is 58.2 Å². The molecule has 0 aliphatic heterocycles. The summed E-state index contributed by atoms with van der Waals surface area (Å²) in [7, 11) is 0. The molecule has 0 aliphatic carbocycles. The molecule has 2 atom stereocenters. The Kier molecular flexibility index (Phi) is 9.26. The largest absolute Gasteiger partial charge is 0.326 e. The molecule has 0 saturated carbocycles. The number of nitrogens with one attached hydrogen (secondary N) is 2. The zero-order chi connectivity index (χ0) is 20.2. The Morgan fingerprint density at radius 3 is 1.36 bits per heavy atom. The lowest BCUT2D eigenvalue weighted by Crippen LogP contribution is -2.26. The molecule has 4 nitrogen and oxygen atoms in total. The van der Waals surface area contributed by atoms with E-state index in [0.29, 0.717) is 12.8 Å². The van der Waals surface area contributed by atoms with E-state index in [1.807, 2.05) is 60.7 Å². The molecule has 2 unspecified atom stereocenters. The fourth-order valence-electron chi connectivity index (χ4n) is 3.69. The summed E-state index contributed by atoms with van der Waals surface area (Å²) in [6, 6.07) is 19.1. The second-order valence-electron chi connectivity index (χ2n) is 7.33. The normalized spacial score (nSPS) is 12.8. The zero-order valence-corrected chi connectivity index (χ0v) is 17.0. The summed E-state index contributed by atoms with van der Waals surface area (Å²) in [4.78, 5) is 25.1.